The highest BCUT2D eigenvalue weighted by molar-refractivity contribution is 5.97. The van der Waals surface area contributed by atoms with Gasteiger partial charge in [0.1, 0.15) is 0 Å². The number of rotatable bonds is 4. The smallest absolute Gasteiger partial charge is 0.340 e. The third-order valence-corrected chi connectivity index (χ3v) is 4.66. The first-order valence-electron chi connectivity index (χ1n) is 8.70. The van der Waals surface area contributed by atoms with Gasteiger partial charge in [-0.3, -0.25) is 4.79 Å². The molecule has 1 saturated carbocycles. The zero-order chi connectivity index (χ0) is 16.9. The Hall–Kier alpha value is -2.36. The van der Waals surface area contributed by atoms with Crippen molar-refractivity contribution in [3.63, 3.8) is 0 Å². The Morgan fingerprint density at radius 2 is 1.88 bits per heavy atom. The Balaban J connectivity index is 2.18. The lowest BCUT2D eigenvalue weighted by Crippen LogP contribution is -2.20. The second-order valence-electron chi connectivity index (χ2n) is 6.26. The Morgan fingerprint density at radius 1 is 1.17 bits per heavy atom. The van der Waals surface area contributed by atoms with E-state index in [2.05, 4.69) is 4.98 Å². The number of esters is 1. The van der Waals surface area contributed by atoms with Gasteiger partial charge in [-0.05, 0) is 36.8 Å². The van der Waals surface area contributed by atoms with Gasteiger partial charge in [-0.25, -0.2) is 4.79 Å². The quantitative estimate of drug-likeness (QED) is 0.854. The fourth-order valence-electron chi connectivity index (χ4n) is 3.56. The van der Waals surface area contributed by atoms with E-state index in [0.717, 1.165) is 36.8 Å². The molecule has 1 aromatic heterocycles. The summed E-state index contributed by atoms with van der Waals surface area (Å²) < 4.78 is 5.30. The van der Waals surface area contributed by atoms with Crippen molar-refractivity contribution in [3.8, 4) is 11.3 Å². The standard InChI is InChI=1S/C20H23NO3/c1-2-24-20(23)18-16(14-9-5-3-6-10-14)13-17(22)21-19(18)15-11-7-4-8-12-15/h4,7-8,11-14H,2-3,5-6,9-10H2,1H3,(H,21,22). The molecule has 0 aliphatic heterocycles. The van der Waals surface area contributed by atoms with Crippen molar-refractivity contribution >= 4 is 5.97 Å². The maximum Gasteiger partial charge on any atom is 0.340 e. The molecule has 4 nitrogen and oxygen atoms in total. The van der Waals surface area contributed by atoms with Crippen LogP contribution in [-0.2, 0) is 4.74 Å². The lowest BCUT2D eigenvalue weighted by molar-refractivity contribution is 0.0524. The minimum absolute atomic E-state index is 0.164. The number of aromatic nitrogens is 1. The molecule has 0 saturated heterocycles. The van der Waals surface area contributed by atoms with E-state index in [1.54, 1.807) is 13.0 Å². The summed E-state index contributed by atoms with van der Waals surface area (Å²) in [5.74, 6) is -0.101. The summed E-state index contributed by atoms with van der Waals surface area (Å²) in [5.41, 5.74) is 2.60. The average molecular weight is 325 g/mol. The van der Waals surface area contributed by atoms with Crippen LogP contribution in [0.4, 0.5) is 0 Å². The van der Waals surface area contributed by atoms with Crippen molar-refractivity contribution in [2.24, 2.45) is 0 Å². The van der Waals surface area contributed by atoms with Gasteiger partial charge < -0.3 is 9.72 Å². The van der Waals surface area contributed by atoms with Crippen molar-refractivity contribution in [1.29, 1.82) is 0 Å². The van der Waals surface area contributed by atoms with E-state index in [9.17, 15) is 9.59 Å². The van der Waals surface area contributed by atoms with Crippen molar-refractivity contribution in [2.45, 2.75) is 44.9 Å². The molecule has 3 rings (SSSR count). The lowest BCUT2D eigenvalue weighted by atomic mass is 9.81. The molecule has 24 heavy (non-hydrogen) atoms. The molecular formula is C20H23NO3. The van der Waals surface area contributed by atoms with Crippen LogP contribution >= 0.6 is 0 Å². The SMILES string of the molecule is CCOC(=O)c1c(C2CCCCC2)cc(=O)[nH]c1-c1ccccc1. The lowest BCUT2D eigenvalue weighted by Gasteiger charge is -2.24. The van der Waals surface area contributed by atoms with Crippen molar-refractivity contribution in [3.05, 3.63) is 57.9 Å². The van der Waals surface area contributed by atoms with Crippen LogP contribution in [0, 0.1) is 0 Å². The third-order valence-electron chi connectivity index (χ3n) is 4.66. The molecule has 0 bridgehead atoms. The fourth-order valence-corrected chi connectivity index (χ4v) is 3.56. The third kappa shape index (κ3) is 3.42. The van der Waals surface area contributed by atoms with E-state index in [1.807, 2.05) is 30.3 Å². The molecule has 0 unspecified atom stereocenters. The molecule has 0 amide bonds. The first-order valence-corrected chi connectivity index (χ1v) is 8.70. The van der Waals surface area contributed by atoms with Gasteiger partial charge in [0.15, 0.2) is 0 Å². The Labute approximate surface area is 141 Å². The summed E-state index contributed by atoms with van der Waals surface area (Å²) in [4.78, 5) is 27.8. The van der Waals surface area contributed by atoms with Crippen LogP contribution in [0.2, 0.25) is 0 Å². The minimum Gasteiger partial charge on any atom is -0.462 e. The molecule has 1 aliphatic carbocycles. The summed E-state index contributed by atoms with van der Waals surface area (Å²) in [6.45, 7) is 2.11. The van der Waals surface area contributed by atoms with E-state index < -0.39 is 0 Å². The number of hydrogen-bond donors (Lipinski definition) is 1. The topological polar surface area (TPSA) is 59.2 Å². The summed E-state index contributed by atoms with van der Waals surface area (Å²) in [7, 11) is 0. The minimum atomic E-state index is -0.354. The van der Waals surface area contributed by atoms with E-state index >= 15 is 0 Å². The molecule has 2 aromatic rings. The van der Waals surface area contributed by atoms with Crippen LogP contribution in [0.25, 0.3) is 11.3 Å². The summed E-state index contributed by atoms with van der Waals surface area (Å²) in [6, 6.07) is 11.1. The van der Waals surface area contributed by atoms with Crippen molar-refractivity contribution in [1.82, 2.24) is 4.98 Å². The van der Waals surface area contributed by atoms with Crippen LogP contribution in [0.3, 0.4) is 0 Å². The van der Waals surface area contributed by atoms with Crippen LogP contribution in [-0.4, -0.2) is 17.6 Å². The number of carbonyl (C=O) groups excluding carboxylic acids is 1. The Bertz CT molecular complexity index is 758. The van der Waals surface area contributed by atoms with Crippen LogP contribution in [0.1, 0.15) is 60.9 Å². The number of H-pyrrole nitrogens is 1. The number of pyridine rings is 1. The number of benzene rings is 1. The zero-order valence-corrected chi connectivity index (χ0v) is 14.0. The fraction of sp³-hybridized carbons (Fsp3) is 0.400. The van der Waals surface area contributed by atoms with E-state index in [1.165, 1.54) is 6.42 Å². The maximum atomic E-state index is 12.7. The monoisotopic (exact) mass is 325 g/mol. The largest absolute Gasteiger partial charge is 0.462 e. The predicted octanol–water partition coefficient (Wildman–Crippen LogP) is 4.27. The van der Waals surface area contributed by atoms with Gasteiger partial charge in [0.25, 0.3) is 0 Å². The number of carbonyl (C=O) groups is 1. The Kier molecular flexibility index (Phi) is 5.14. The summed E-state index contributed by atoms with van der Waals surface area (Å²) in [5, 5.41) is 0. The van der Waals surface area contributed by atoms with Crippen molar-refractivity contribution in [2.75, 3.05) is 6.61 Å². The van der Waals surface area contributed by atoms with E-state index in [-0.39, 0.29) is 17.4 Å². The molecule has 4 heteroatoms. The Morgan fingerprint density at radius 3 is 2.54 bits per heavy atom. The van der Waals surface area contributed by atoms with Gasteiger partial charge in [-0.2, -0.15) is 0 Å². The van der Waals surface area contributed by atoms with Gasteiger partial charge >= 0.3 is 5.97 Å². The van der Waals surface area contributed by atoms with Gasteiger partial charge in [-0.1, -0.05) is 49.6 Å². The molecular weight excluding hydrogens is 302 g/mol. The zero-order valence-electron chi connectivity index (χ0n) is 14.0. The molecule has 0 radical (unpaired) electrons. The molecule has 1 fully saturated rings. The summed E-state index contributed by atoms with van der Waals surface area (Å²) in [6.07, 6.45) is 5.54. The highest BCUT2D eigenvalue weighted by Gasteiger charge is 2.26. The second kappa shape index (κ2) is 7.47. The number of hydrogen-bond acceptors (Lipinski definition) is 3. The highest BCUT2D eigenvalue weighted by Crippen LogP contribution is 2.36. The summed E-state index contributed by atoms with van der Waals surface area (Å²) >= 11 is 0. The van der Waals surface area contributed by atoms with Gasteiger partial charge in [0.2, 0.25) is 5.56 Å². The van der Waals surface area contributed by atoms with Gasteiger partial charge in [-0.15, -0.1) is 0 Å². The van der Waals surface area contributed by atoms with Crippen molar-refractivity contribution < 1.29 is 9.53 Å². The molecule has 1 aromatic carbocycles. The number of ether oxygens (including phenoxy) is 1. The highest BCUT2D eigenvalue weighted by atomic mass is 16.5. The van der Waals surface area contributed by atoms with E-state index in [0.29, 0.717) is 17.9 Å². The molecule has 0 atom stereocenters. The molecule has 1 N–H and O–H groups in total. The number of nitrogens with one attached hydrogen (secondary N) is 1. The molecule has 0 spiro atoms. The second-order valence-corrected chi connectivity index (χ2v) is 6.26. The average Bonchev–Trinajstić information content (AvgIpc) is 2.62. The van der Waals surface area contributed by atoms with E-state index in [4.69, 9.17) is 4.74 Å². The van der Waals surface area contributed by atoms with Crippen LogP contribution < -0.4 is 5.56 Å². The van der Waals surface area contributed by atoms with Crippen LogP contribution in [0.15, 0.2) is 41.2 Å². The maximum absolute atomic E-state index is 12.7. The predicted molar refractivity (Wildman–Crippen MR) is 94.3 cm³/mol. The first-order chi connectivity index (χ1) is 11.7. The number of aromatic amines is 1. The van der Waals surface area contributed by atoms with Crippen LogP contribution in [0.5, 0.6) is 0 Å². The molecule has 1 heterocycles. The first kappa shape index (κ1) is 16.5. The van der Waals surface area contributed by atoms with Gasteiger partial charge in [0, 0.05) is 6.07 Å². The molecule has 126 valence electrons. The van der Waals surface area contributed by atoms with Gasteiger partial charge in [0.05, 0.1) is 17.9 Å². The molecule has 1 aliphatic rings. The normalized spacial score (nSPS) is 15.2.